The maximum Gasteiger partial charge on any atom is 0.228 e. The molecular formula is C18H30N2O. The van der Waals surface area contributed by atoms with Crippen LogP contribution in [0.1, 0.15) is 53.4 Å². The van der Waals surface area contributed by atoms with E-state index in [1.807, 2.05) is 12.2 Å². The maximum atomic E-state index is 11.1. The predicted octanol–water partition coefficient (Wildman–Crippen LogP) is 3.79. The van der Waals surface area contributed by atoms with Crippen LogP contribution in [0.25, 0.3) is 0 Å². The molecule has 0 bridgehead atoms. The van der Waals surface area contributed by atoms with E-state index >= 15 is 0 Å². The summed E-state index contributed by atoms with van der Waals surface area (Å²) in [6, 6.07) is 0. The van der Waals surface area contributed by atoms with Gasteiger partial charge in [-0.25, -0.2) is 0 Å². The Kier molecular flexibility index (Phi) is 8.06. The summed E-state index contributed by atoms with van der Waals surface area (Å²) in [6.45, 7) is 12.5. The van der Waals surface area contributed by atoms with E-state index in [-0.39, 0.29) is 5.91 Å². The number of rotatable bonds is 5. The molecule has 1 aliphatic heterocycles. The number of nitrogens with one attached hydrogen (secondary N) is 1. The molecule has 0 aromatic rings. The molecule has 0 saturated carbocycles. The first kappa shape index (κ1) is 17.7. The average Bonchev–Trinajstić information content (AvgIpc) is 2.76. The van der Waals surface area contributed by atoms with E-state index < -0.39 is 0 Å². The van der Waals surface area contributed by atoms with Gasteiger partial charge in [0.1, 0.15) is 0 Å². The minimum atomic E-state index is 0.117. The van der Waals surface area contributed by atoms with Gasteiger partial charge in [0.05, 0.1) is 6.42 Å². The van der Waals surface area contributed by atoms with E-state index in [4.69, 9.17) is 0 Å². The monoisotopic (exact) mass is 290 g/mol. The normalized spacial score (nSPS) is 17.0. The first-order chi connectivity index (χ1) is 10.1. The summed E-state index contributed by atoms with van der Waals surface area (Å²) in [7, 11) is 0. The van der Waals surface area contributed by atoms with Gasteiger partial charge in [-0.1, -0.05) is 38.5 Å². The molecule has 3 heteroatoms. The molecule has 0 radical (unpaired) electrons. The lowest BCUT2D eigenvalue weighted by atomic mass is 10.1. The zero-order valence-corrected chi connectivity index (χ0v) is 14.0. The van der Waals surface area contributed by atoms with Gasteiger partial charge in [-0.2, -0.15) is 0 Å². The largest absolute Gasteiger partial charge is 0.326 e. The number of hydrogen-bond acceptors (Lipinski definition) is 2. The predicted molar refractivity (Wildman–Crippen MR) is 90.0 cm³/mol. The smallest absolute Gasteiger partial charge is 0.228 e. The third-order valence-corrected chi connectivity index (χ3v) is 3.80. The summed E-state index contributed by atoms with van der Waals surface area (Å²) in [4.78, 5) is 13.5. The molecule has 0 spiro atoms. The number of hydrogen-bond donors (Lipinski definition) is 1. The molecule has 1 aliphatic carbocycles. The highest BCUT2D eigenvalue weighted by Crippen LogP contribution is 2.26. The molecule has 0 atom stereocenters. The Morgan fingerprint density at radius 1 is 1.19 bits per heavy atom. The van der Waals surface area contributed by atoms with Gasteiger partial charge in [0.25, 0.3) is 0 Å². The van der Waals surface area contributed by atoms with Crippen molar-refractivity contribution in [3.8, 4) is 0 Å². The second-order valence-electron chi connectivity index (χ2n) is 5.63. The highest BCUT2D eigenvalue weighted by atomic mass is 16.1. The topological polar surface area (TPSA) is 32.3 Å². The number of allylic oxidation sites excluding steroid dienone is 5. The Hall–Kier alpha value is -1.35. The molecule has 2 aliphatic rings. The summed E-state index contributed by atoms with van der Waals surface area (Å²) in [5.41, 5.74) is 3.48. The minimum Gasteiger partial charge on any atom is -0.326 e. The third kappa shape index (κ3) is 5.88. The van der Waals surface area contributed by atoms with Crippen molar-refractivity contribution in [3.05, 3.63) is 35.1 Å². The number of nitrogens with zero attached hydrogens (tertiary/aromatic N) is 1. The lowest BCUT2D eigenvalue weighted by Gasteiger charge is -2.17. The second kappa shape index (κ2) is 9.56. The van der Waals surface area contributed by atoms with Gasteiger partial charge in [-0.05, 0) is 57.5 Å². The average molecular weight is 290 g/mol. The Morgan fingerprint density at radius 2 is 1.86 bits per heavy atom. The van der Waals surface area contributed by atoms with Gasteiger partial charge in [-0.3, -0.25) is 4.79 Å². The molecule has 0 aromatic heterocycles. The van der Waals surface area contributed by atoms with Gasteiger partial charge in [0, 0.05) is 5.70 Å². The molecule has 118 valence electrons. The molecule has 1 heterocycles. The van der Waals surface area contributed by atoms with E-state index in [1.165, 1.54) is 43.6 Å². The Labute approximate surface area is 129 Å². The molecule has 2 rings (SSSR count). The molecule has 21 heavy (non-hydrogen) atoms. The summed E-state index contributed by atoms with van der Waals surface area (Å²) in [6.07, 6.45) is 10.2. The molecule has 1 fully saturated rings. The van der Waals surface area contributed by atoms with Gasteiger partial charge >= 0.3 is 0 Å². The van der Waals surface area contributed by atoms with Crippen molar-refractivity contribution in [2.45, 2.75) is 53.4 Å². The molecule has 0 aromatic carbocycles. The van der Waals surface area contributed by atoms with Crippen molar-refractivity contribution in [3.63, 3.8) is 0 Å². The van der Waals surface area contributed by atoms with Crippen LogP contribution in [-0.4, -0.2) is 30.4 Å². The van der Waals surface area contributed by atoms with E-state index in [9.17, 15) is 4.79 Å². The SMILES string of the molecule is CC1=C2CC(=O)NC2=CC=CC1.CCCN(CC)CCC. The summed E-state index contributed by atoms with van der Waals surface area (Å²) < 4.78 is 0. The van der Waals surface area contributed by atoms with E-state index in [1.54, 1.807) is 0 Å². The van der Waals surface area contributed by atoms with E-state index in [2.05, 4.69) is 44.0 Å². The Morgan fingerprint density at radius 3 is 2.43 bits per heavy atom. The zero-order chi connectivity index (χ0) is 15.7. The van der Waals surface area contributed by atoms with Crippen molar-refractivity contribution in [1.82, 2.24) is 10.2 Å². The van der Waals surface area contributed by atoms with Crippen LogP contribution in [0.4, 0.5) is 0 Å². The van der Waals surface area contributed by atoms with Crippen molar-refractivity contribution >= 4 is 5.91 Å². The number of amides is 1. The Bertz CT molecular complexity index is 426. The third-order valence-electron chi connectivity index (χ3n) is 3.80. The quantitative estimate of drug-likeness (QED) is 0.835. The van der Waals surface area contributed by atoms with E-state index in [0.29, 0.717) is 6.42 Å². The van der Waals surface area contributed by atoms with Crippen molar-refractivity contribution < 1.29 is 4.79 Å². The second-order valence-corrected chi connectivity index (χ2v) is 5.63. The van der Waals surface area contributed by atoms with Crippen LogP contribution >= 0.6 is 0 Å². The van der Waals surface area contributed by atoms with Gasteiger partial charge < -0.3 is 10.2 Å². The summed E-state index contributed by atoms with van der Waals surface area (Å²) in [5, 5.41) is 2.84. The maximum absolute atomic E-state index is 11.1. The lowest BCUT2D eigenvalue weighted by molar-refractivity contribution is -0.118. The molecule has 1 amide bonds. The fraction of sp³-hybridized carbons (Fsp3) is 0.611. The molecule has 3 nitrogen and oxygen atoms in total. The van der Waals surface area contributed by atoms with Crippen LogP contribution in [-0.2, 0) is 4.79 Å². The standard InChI is InChI=1S/C10H11NO.C8H19N/c1-7-4-2-3-5-9-8(7)6-10(12)11-9;1-4-7-9(6-3)8-5-2/h2-3,5H,4,6H2,1H3,(H,11,12);4-8H2,1-3H3. The fourth-order valence-corrected chi connectivity index (χ4v) is 2.64. The molecular weight excluding hydrogens is 260 g/mol. The van der Waals surface area contributed by atoms with Crippen LogP contribution in [0.5, 0.6) is 0 Å². The Balaban J connectivity index is 0.000000222. The van der Waals surface area contributed by atoms with Gasteiger partial charge in [-0.15, -0.1) is 0 Å². The lowest BCUT2D eigenvalue weighted by Crippen LogP contribution is -2.24. The van der Waals surface area contributed by atoms with Crippen LogP contribution in [0.15, 0.2) is 35.1 Å². The highest BCUT2D eigenvalue weighted by Gasteiger charge is 2.22. The highest BCUT2D eigenvalue weighted by molar-refractivity contribution is 5.87. The van der Waals surface area contributed by atoms with Crippen LogP contribution < -0.4 is 5.32 Å². The van der Waals surface area contributed by atoms with Crippen LogP contribution in [0, 0.1) is 0 Å². The van der Waals surface area contributed by atoms with Crippen molar-refractivity contribution in [2.24, 2.45) is 0 Å². The van der Waals surface area contributed by atoms with Gasteiger partial charge in [0.2, 0.25) is 5.91 Å². The fourth-order valence-electron chi connectivity index (χ4n) is 2.64. The van der Waals surface area contributed by atoms with E-state index in [0.717, 1.165) is 12.1 Å². The molecule has 1 N–H and O–H groups in total. The number of fused-ring (bicyclic) bond motifs is 1. The minimum absolute atomic E-state index is 0.117. The van der Waals surface area contributed by atoms with Crippen molar-refractivity contribution in [1.29, 1.82) is 0 Å². The van der Waals surface area contributed by atoms with Crippen LogP contribution in [0.3, 0.4) is 0 Å². The molecule has 0 unspecified atom stereocenters. The summed E-state index contributed by atoms with van der Waals surface area (Å²) >= 11 is 0. The first-order valence-corrected chi connectivity index (χ1v) is 8.20. The summed E-state index contributed by atoms with van der Waals surface area (Å²) in [5.74, 6) is 0.117. The van der Waals surface area contributed by atoms with Crippen molar-refractivity contribution in [2.75, 3.05) is 19.6 Å². The van der Waals surface area contributed by atoms with Gasteiger partial charge in [0.15, 0.2) is 0 Å². The first-order valence-electron chi connectivity index (χ1n) is 8.20. The van der Waals surface area contributed by atoms with Crippen LogP contribution in [0.2, 0.25) is 0 Å². The number of carbonyl (C=O) groups is 1. The number of carbonyl (C=O) groups excluding carboxylic acids is 1. The zero-order valence-electron chi connectivity index (χ0n) is 14.0. The molecule has 1 saturated heterocycles.